The summed E-state index contributed by atoms with van der Waals surface area (Å²) < 4.78 is 0. The largest absolute Gasteiger partial charge is 0.379 e. The number of aliphatic hydroxyl groups is 1. The SMILES string of the molecule is CC(C)CC(O)NC1(c2ccc(-c3nn[nH]n3)cc2)CC1. The summed E-state index contributed by atoms with van der Waals surface area (Å²) in [7, 11) is 0. The molecule has 0 spiro atoms. The van der Waals surface area contributed by atoms with Crippen LogP contribution in [0.5, 0.6) is 0 Å². The summed E-state index contributed by atoms with van der Waals surface area (Å²) in [6.45, 7) is 4.23. The average molecular weight is 287 g/mol. The molecule has 1 heterocycles. The van der Waals surface area contributed by atoms with Crippen LogP contribution < -0.4 is 5.32 Å². The third-order valence-electron chi connectivity index (χ3n) is 3.93. The van der Waals surface area contributed by atoms with Crippen LogP contribution in [0.1, 0.15) is 38.7 Å². The van der Waals surface area contributed by atoms with Crippen LogP contribution >= 0.6 is 0 Å². The minimum atomic E-state index is -0.454. The van der Waals surface area contributed by atoms with E-state index in [1.807, 2.05) is 12.1 Å². The number of tetrazole rings is 1. The number of nitrogens with one attached hydrogen (secondary N) is 2. The Morgan fingerprint density at radius 2 is 2.00 bits per heavy atom. The van der Waals surface area contributed by atoms with Gasteiger partial charge in [-0.2, -0.15) is 5.21 Å². The minimum absolute atomic E-state index is 0.0654. The molecule has 21 heavy (non-hydrogen) atoms. The van der Waals surface area contributed by atoms with Crippen molar-refractivity contribution in [2.45, 2.75) is 44.9 Å². The lowest BCUT2D eigenvalue weighted by atomic mass is 10.0. The Morgan fingerprint density at radius 3 is 2.52 bits per heavy atom. The summed E-state index contributed by atoms with van der Waals surface area (Å²) in [4.78, 5) is 0. The van der Waals surface area contributed by atoms with Gasteiger partial charge in [0, 0.05) is 11.1 Å². The molecule has 0 aliphatic heterocycles. The monoisotopic (exact) mass is 287 g/mol. The third-order valence-corrected chi connectivity index (χ3v) is 3.93. The van der Waals surface area contributed by atoms with Crippen molar-refractivity contribution < 1.29 is 5.11 Å². The fourth-order valence-corrected chi connectivity index (χ4v) is 2.69. The Labute approximate surface area is 124 Å². The molecule has 2 aromatic rings. The van der Waals surface area contributed by atoms with E-state index < -0.39 is 6.23 Å². The Hall–Kier alpha value is -1.79. The molecule has 6 nitrogen and oxygen atoms in total. The fraction of sp³-hybridized carbons (Fsp3) is 0.533. The zero-order valence-corrected chi connectivity index (χ0v) is 12.4. The molecule has 6 heteroatoms. The molecule has 0 amide bonds. The molecule has 1 aliphatic rings. The van der Waals surface area contributed by atoms with Crippen LogP contribution in [0.2, 0.25) is 0 Å². The van der Waals surface area contributed by atoms with Crippen LogP contribution in [0.15, 0.2) is 24.3 Å². The number of aromatic amines is 1. The average Bonchev–Trinajstić information content (AvgIpc) is 3.02. The topological polar surface area (TPSA) is 86.7 Å². The zero-order chi connectivity index (χ0) is 14.9. The molecule has 0 radical (unpaired) electrons. The van der Waals surface area contributed by atoms with Crippen LogP contribution in [-0.2, 0) is 5.54 Å². The smallest absolute Gasteiger partial charge is 0.204 e. The predicted octanol–water partition coefficient (Wildman–Crippen LogP) is 1.81. The lowest BCUT2D eigenvalue weighted by Crippen LogP contribution is -2.39. The molecule has 112 valence electrons. The van der Waals surface area contributed by atoms with E-state index in [1.165, 1.54) is 5.56 Å². The van der Waals surface area contributed by atoms with Gasteiger partial charge in [-0.1, -0.05) is 38.1 Å². The summed E-state index contributed by atoms with van der Waals surface area (Å²) >= 11 is 0. The Bertz CT molecular complexity index is 575. The van der Waals surface area contributed by atoms with E-state index in [-0.39, 0.29) is 5.54 Å². The number of rotatable bonds is 6. The number of aliphatic hydroxyl groups excluding tert-OH is 1. The van der Waals surface area contributed by atoms with Crippen LogP contribution in [-0.4, -0.2) is 32.0 Å². The molecule has 3 rings (SSSR count). The molecule has 1 aromatic heterocycles. The van der Waals surface area contributed by atoms with Gasteiger partial charge in [-0.15, -0.1) is 10.2 Å². The molecule has 1 saturated carbocycles. The van der Waals surface area contributed by atoms with E-state index in [4.69, 9.17) is 0 Å². The summed E-state index contributed by atoms with van der Waals surface area (Å²) in [5.41, 5.74) is 2.08. The van der Waals surface area contributed by atoms with Gasteiger partial charge < -0.3 is 5.11 Å². The lowest BCUT2D eigenvalue weighted by Gasteiger charge is -2.23. The van der Waals surface area contributed by atoms with E-state index >= 15 is 0 Å². The first-order chi connectivity index (χ1) is 10.1. The molecule has 0 bridgehead atoms. The van der Waals surface area contributed by atoms with Gasteiger partial charge in [0.2, 0.25) is 5.82 Å². The predicted molar refractivity (Wildman–Crippen MR) is 79.1 cm³/mol. The fourth-order valence-electron chi connectivity index (χ4n) is 2.69. The Morgan fingerprint density at radius 1 is 1.29 bits per heavy atom. The molecule has 1 atom stereocenters. The van der Waals surface area contributed by atoms with Gasteiger partial charge in [0.05, 0.1) is 0 Å². The number of hydrogen-bond donors (Lipinski definition) is 3. The zero-order valence-electron chi connectivity index (χ0n) is 12.4. The van der Waals surface area contributed by atoms with Gasteiger partial charge in [-0.3, -0.25) is 5.32 Å². The molecular weight excluding hydrogens is 266 g/mol. The first-order valence-electron chi connectivity index (χ1n) is 7.39. The minimum Gasteiger partial charge on any atom is -0.379 e. The summed E-state index contributed by atoms with van der Waals surface area (Å²) in [5, 5.41) is 27.5. The summed E-state index contributed by atoms with van der Waals surface area (Å²) in [6, 6.07) is 8.15. The van der Waals surface area contributed by atoms with Crippen LogP contribution in [0.3, 0.4) is 0 Å². The van der Waals surface area contributed by atoms with Crippen molar-refractivity contribution in [3.8, 4) is 11.4 Å². The molecule has 1 unspecified atom stereocenters. The van der Waals surface area contributed by atoms with Crippen molar-refractivity contribution in [1.29, 1.82) is 0 Å². The normalized spacial score (nSPS) is 17.9. The third kappa shape index (κ3) is 3.11. The highest BCUT2D eigenvalue weighted by molar-refractivity contribution is 5.55. The van der Waals surface area contributed by atoms with Gasteiger partial charge in [0.1, 0.15) is 6.23 Å². The van der Waals surface area contributed by atoms with Gasteiger partial charge in [0.25, 0.3) is 0 Å². The van der Waals surface area contributed by atoms with Crippen molar-refractivity contribution in [2.24, 2.45) is 5.92 Å². The van der Waals surface area contributed by atoms with E-state index in [1.54, 1.807) is 0 Å². The van der Waals surface area contributed by atoms with Crippen molar-refractivity contribution in [3.05, 3.63) is 29.8 Å². The van der Waals surface area contributed by atoms with Crippen LogP contribution in [0.4, 0.5) is 0 Å². The number of hydrogen-bond acceptors (Lipinski definition) is 5. The summed E-state index contributed by atoms with van der Waals surface area (Å²) in [5.74, 6) is 1.07. The Kier molecular flexibility index (Phi) is 3.73. The van der Waals surface area contributed by atoms with E-state index in [2.05, 4.69) is 51.9 Å². The maximum Gasteiger partial charge on any atom is 0.204 e. The van der Waals surface area contributed by atoms with Gasteiger partial charge >= 0.3 is 0 Å². The van der Waals surface area contributed by atoms with Crippen molar-refractivity contribution in [3.63, 3.8) is 0 Å². The molecular formula is C15H21N5O. The maximum atomic E-state index is 10.1. The second-order valence-electron chi connectivity index (χ2n) is 6.18. The van der Waals surface area contributed by atoms with Gasteiger partial charge in [-0.05, 0) is 36.0 Å². The van der Waals surface area contributed by atoms with Crippen molar-refractivity contribution >= 4 is 0 Å². The lowest BCUT2D eigenvalue weighted by molar-refractivity contribution is 0.0948. The van der Waals surface area contributed by atoms with E-state index in [0.29, 0.717) is 11.7 Å². The second-order valence-corrected chi connectivity index (χ2v) is 6.18. The van der Waals surface area contributed by atoms with Crippen LogP contribution in [0.25, 0.3) is 11.4 Å². The maximum absolute atomic E-state index is 10.1. The van der Waals surface area contributed by atoms with Crippen molar-refractivity contribution in [2.75, 3.05) is 0 Å². The molecule has 3 N–H and O–H groups in total. The first-order valence-corrected chi connectivity index (χ1v) is 7.39. The molecule has 0 saturated heterocycles. The number of nitrogens with zero attached hydrogens (tertiary/aromatic N) is 3. The highest BCUT2D eigenvalue weighted by Gasteiger charge is 2.45. The quantitative estimate of drug-likeness (QED) is 0.705. The second kappa shape index (κ2) is 5.54. The number of benzene rings is 1. The number of H-pyrrole nitrogens is 1. The molecule has 1 aromatic carbocycles. The van der Waals surface area contributed by atoms with Crippen molar-refractivity contribution in [1.82, 2.24) is 25.9 Å². The van der Waals surface area contributed by atoms with Gasteiger partial charge in [-0.25, -0.2) is 0 Å². The standard InChI is InChI=1S/C15H21N5O/c1-10(2)9-13(21)16-15(7-8-15)12-5-3-11(4-6-12)14-17-19-20-18-14/h3-6,10,13,16,21H,7-9H2,1-2H3,(H,17,18,19,20). The molecule has 1 aliphatic carbocycles. The highest BCUT2D eigenvalue weighted by Crippen LogP contribution is 2.46. The van der Waals surface area contributed by atoms with E-state index in [9.17, 15) is 5.11 Å². The first kappa shape index (κ1) is 14.2. The molecule has 1 fully saturated rings. The van der Waals surface area contributed by atoms with E-state index in [0.717, 1.165) is 24.8 Å². The van der Waals surface area contributed by atoms with Crippen LogP contribution in [0, 0.1) is 5.92 Å². The number of aromatic nitrogens is 4. The Balaban J connectivity index is 1.71. The highest BCUT2D eigenvalue weighted by atomic mass is 16.3. The summed E-state index contributed by atoms with van der Waals surface area (Å²) in [6.07, 6.45) is 2.43. The van der Waals surface area contributed by atoms with Gasteiger partial charge in [0.15, 0.2) is 0 Å².